The summed E-state index contributed by atoms with van der Waals surface area (Å²) in [6, 6.07) is 9.37. The Bertz CT molecular complexity index is 506. The Kier molecular flexibility index (Phi) is 4.03. The van der Waals surface area contributed by atoms with Gasteiger partial charge in [0.1, 0.15) is 12.1 Å². The molecular weight excluding hydrogens is 240 g/mol. The van der Waals surface area contributed by atoms with E-state index in [1.54, 1.807) is 25.1 Å². The van der Waals surface area contributed by atoms with Crippen LogP contribution in [-0.2, 0) is 4.79 Å². The van der Waals surface area contributed by atoms with Crippen LogP contribution in [0.5, 0.6) is 0 Å². The van der Waals surface area contributed by atoms with E-state index in [1.165, 1.54) is 0 Å². The number of nitrogens with zero attached hydrogens (tertiary/aromatic N) is 3. The second-order valence-electron chi connectivity index (χ2n) is 4.77. The van der Waals surface area contributed by atoms with Crippen LogP contribution in [0.1, 0.15) is 5.56 Å². The Morgan fingerprint density at radius 1 is 1.47 bits per heavy atom. The number of likely N-dealkylation sites (N-methyl/N-ethyl adjacent to an activating group) is 1. The van der Waals surface area contributed by atoms with Crippen LogP contribution in [-0.4, -0.2) is 50.6 Å². The first-order chi connectivity index (χ1) is 9.15. The van der Waals surface area contributed by atoms with Crippen LogP contribution in [0.4, 0.5) is 5.69 Å². The molecule has 5 nitrogen and oxygen atoms in total. The highest BCUT2D eigenvalue weighted by Crippen LogP contribution is 2.23. The van der Waals surface area contributed by atoms with E-state index in [1.807, 2.05) is 23.1 Å². The minimum absolute atomic E-state index is 0.0555. The van der Waals surface area contributed by atoms with Crippen molar-refractivity contribution >= 4 is 11.6 Å². The molecule has 0 aromatic heterocycles. The maximum absolute atomic E-state index is 12.2. The predicted octanol–water partition coefficient (Wildman–Crippen LogP) is 0.425. The second kappa shape index (κ2) is 5.72. The Hall–Kier alpha value is -2.06. The molecule has 0 bridgehead atoms. The summed E-state index contributed by atoms with van der Waals surface area (Å²) in [5, 5.41) is 12.4. The minimum atomic E-state index is -0.252. The fraction of sp³-hybridized carbons (Fsp3) is 0.429. The second-order valence-corrected chi connectivity index (χ2v) is 4.77. The van der Waals surface area contributed by atoms with Crippen molar-refractivity contribution in [2.24, 2.45) is 0 Å². The first-order valence-electron chi connectivity index (χ1n) is 6.33. The Balaban J connectivity index is 2.35. The van der Waals surface area contributed by atoms with Crippen molar-refractivity contribution in [2.75, 3.05) is 38.6 Å². The molecule has 1 atom stereocenters. The summed E-state index contributed by atoms with van der Waals surface area (Å²) in [5.74, 6) is 0.0555. The summed E-state index contributed by atoms with van der Waals surface area (Å²) in [6.45, 7) is 2.15. The topological polar surface area (TPSA) is 59.4 Å². The lowest BCUT2D eigenvalue weighted by molar-refractivity contribution is -0.130. The molecule has 1 saturated heterocycles. The van der Waals surface area contributed by atoms with E-state index in [9.17, 15) is 10.1 Å². The van der Waals surface area contributed by atoms with Gasteiger partial charge in [-0.05, 0) is 12.1 Å². The molecule has 2 rings (SSSR count). The highest BCUT2D eigenvalue weighted by Gasteiger charge is 2.30. The van der Waals surface area contributed by atoms with Crippen LogP contribution in [0.2, 0.25) is 0 Å². The predicted molar refractivity (Wildman–Crippen MR) is 73.9 cm³/mol. The van der Waals surface area contributed by atoms with Crippen molar-refractivity contribution in [3.63, 3.8) is 0 Å². The first kappa shape index (κ1) is 13.4. The summed E-state index contributed by atoms with van der Waals surface area (Å²) < 4.78 is 0. The summed E-state index contributed by atoms with van der Waals surface area (Å²) >= 11 is 0. The molecule has 0 spiro atoms. The summed E-state index contributed by atoms with van der Waals surface area (Å²) in [5.41, 5.74) is 1.45. The number of anilines is 1. The van der Waals surface area contributed by atoms with Gasteiger partial charge in [-0.2, -0.15) is 5.26 Å². The van der Waals surface area contributed by atoms with Gasteiger partial charge in [-0.25, -0.2) is 0 Å². The van der Waals surface area contributed by atoms with E-state index in [0.29, 0.717) is 12.1 Å². The molecular formula is C14H18N4O. The van der Waals surface area contributed by atoms with Crippen LogP contribution in [0.3, 0.4) is 0 Å². The average molecular weight is 258 g/mol. The number of carbonyl (C=O) groups excluding carboxylic acids is 1. The molecule has 1 aliphatic rings. The van der Waals surface area contributed by atoms with Gasteiger partial charge in [0.2, 0.25) is 5.91 Å². The lowest BCUT2D eigenvalue weighted by Crippen LogP contribution is -2.58. The lowest BCUT2D eigenvalue weighted by Gasteiger charge is -2.38. The van der Waals surface area contributed by atoms with E-state index in [-0.39, 0.29) is 11.9 Å². The van der Waals surface area contributed by atoms with Crippen molar-refractivity contribution in [3.8, 4) is 6.07 Å². The SMILES string of the molecule is CN(C)C(=O)C1CNCCN1c1ccccc1C#N. The monoisotopic (exact) mass is 258 g/mol. The quantitative estimate of drug-likeness (QED) is 0.835. The Labute approximate surface area is 113 Å². The van der Waals surface area contributed by atoms with E-state index in [0.717, 1.165) is 18.8 Å². The van der Waals surface area contributed by atoms with Gasteiger partial charge in [-0.1, -0.05) is 12.1 Å². The van der Waals surface area contributed by atoms with E-state index in [2.05, 4.69) is 11.4 Å². The molecule has 1 N–H and O–H groups in total. The fourth-order valence-corrected chi connectivity index (χ4v) is 2.33. The number of nitriles is 1. The van der Waals surface area contributed by atoms with Gasteiger partial charge in [-0.15, -0.1) is 0 Å². The van der Waals surface area contributed by atoms with Crippen molar-refractivity contribution in [3.05, 3.63) is 29.8 Å². The number of nitrogens with one attached hydrogen (secondary N) is 1. The van der Waals surface area contributed by atoms with Crippen LogP contribution < -0.4 is 10.2 Å². The van der Waals surface area contributed by atoms with Crippen LogP contribution in [0.25, 0.3) is 0 Å². The molecule has 1 unspecified atom stereocenters. The molecule has 0 saturated carbocycles. The van der Waals surface area contributed by atoms with Crippen molar-refractivity contribution in [1.29, 1.82) is 5.26 Å². The zero-order valence-corrected chi connectivity index (χ0v) is 11.3. The number of benzene rings is 1. The molecule has 100 valence electrons. The molecule has 19 heavy (non-hydrogen) atoms. The maximum atomic E-state index is 12.2. The molecule has 1 amide bonds. The molecule has 1 aromatic rings. The number of para-hydroxylation sites is 1. The van der Waals surface area contributed by atoms with Gasteiger partial charge in [-0.3, -0.25) is 4.79 Å². The molecule has 0 aliphatic carbocycles. The highest BCUT2D eigenvalue weighted by molar-refractivity contribution is 5.86. The van der Waals surface area contributed by atoms with Gasteiger partial charge >= 0.3 is 0 Å². The number of hydrogen-bond acceptors (Lipinski definition) is 4. The molecule has 1 heterocycles. The highest BCUT2D eigenvalue weighted by atomic mass is 16.2. The van der Waals surface area contributed by atoms with Crippen molar-refractivity contribution in [2.45, 2.75) is 6.04 Å². The van der Waals surface area contributed by atoms with Crippen LogP contribution >= 0.6 is 0 Å². The summed E-state index contributed by atoms with van der Waals surface area (Å²) in [7, 11) is 3.51. The molecule has 0 radical (unpaired) electrons. The number of piperazine rings is 1. The lowest BCUT2D eigenvalue weighted by atomic mass is 10.1. The zero-order chi connectivity index (χ0) is 13.8. The number of carbonyl (C=O) groups is 1. The number of amides is 1. The normalized spacial score (nSPS) is 18.8. The summed E-state index contributed by atoms with van der Waals surface area (Å²) in [6.07, 6.45) is 0. The third-order valence-electron chi connectivity index (χ3n) is 3.30. The van der Waals surface area contributed by atoms with Gasteiger partial charge in [0.05, 0.1) is 11.3 Å². The Morgan fingerprint density at radius 2 is 2.21 bits per heavy atom. The minimum Gasteiger partial charge on any atom is -0.356 e. The van der Waals surface area contributed by atoms with Crippen LogP contribution in [0.15, 0.2) is 24.3 Å². The molecule has 1 aliphatic heterocycles. The number of hydrogen-bond donors (Lipinski definition) is 1. The van der Waals surface area contributed by atoms with Crippen molar-refractivity contribution < 1.29 is 4.79 Å². The smallest absolute Gasteiger partial charge is 0.246 e. The van der Waals surface area contributed by atoms with Gasteiger partial charge in [0.25, 0.3) is 0 Å². The van der Waals surface area contributed by atoms with Gasteiger partial charge in [0.15, 0.2) is 0 Å². The van der Waals surface area contributed by atoms with E-state index < -0.39 is 0 Å². The first-order valence-corrected chi connectivity index (χ1v) is 6.33. The van der Waals surface area contributed by atoms with Crippen molar-refractivity contribution in [1.82, 2.24) is 10.2 Å². The van der Waals surface area contributed by atoms with Crippen LogP contribution in [0, 0.1) is 11.3 Å². The van der Waals surface area contributed by atoms with E-state index >= 15 is 0 Å². The number of rotatable bonds is 2. The van der Waals surface area contributed by atoms with Gasteiger partial charge < -0.3 is 15.1 Å². The summed E-state index contributed by atoms with van der Waals surface area (Å²) in [4.78, 5) is 15.9. The molecule has 1 aromatic carbocycles. The third kappa shape index (κ3) is 2.69. The molecule has 5 heteroatoms. The Morgan fingerprint density at radius 3 is 2.89 bits per heavy atom. The molecule has 1 fully saturated rings. The fourth-order valence-electron chi connectivity index (χ4n) is 2.33. The van der Waals surface area contributed by atoms with Gasteiger partial charge in [0, 0.05) is 33.7 Å². The standard InChI is InChI=1S/C14H18N4O/c1-17(2)14(19)13-10-16-7-8-18(13)12-6-4-3-5-11(12)9-15/h3-6,13,16H,7-8,10H2,1-2H3. The average Bonchev–Trinajstić information content (AvgIpc) is 2.46. The zero-order valence-electron chi connectivity index (χ0n) is 11.3. The van der Waals surface area contributed by atoms with E-state index in [4.69, 9.17) is 0 Å². The third-order valence-corrected chi connectivity index (χ3v) is 3.30. The maximum Gasteiger partial charge on any atom is 0.246 e. The largest absolute Gasteiger partial charge is 0.356 e.